The van der Waals surface area contributed by atoms with Crippen molar-refractivity contribution in [2.45, 2.75) is 0 Å². The number of rotatable bonds is 15. The van der Waals surface area contributed by atoms with E-state index in [2.05, 4.69) is 0 Å². The topological polar surface area (TPSA) is 68.3 Å². The molecule has 0 bridgehead atoms. The Morgan fingerprint density at radius 3 is 0.338 bits per heavy atom. The average Bonchev–Trinajstić information content (AvgIpc) is 3.57. The van der Waals surface area contributed by atoms with Gasteiger partial charge in [-0.25, -0.2) is 0 Å². The third kappa shape index (κ3) is 9.70. The first-order valence-electron chi connectivity index (χ1n) is 26.6. The van der Waals surface area contributed by atoms with Crippen molar-refractivity contribution in [2.75, 3.05) is 0 Å². The van der Waals surface area contributed by atoms with Gasteiger partial charge in [0.2, 0.25) is 0 Å². The molecule has 12 aromatic carbocycles. The van der Waals surface area contributed by atoms with Crippen molar-refractivity contribution in [3.8, 4) is 33.4 Å². The van der Waals surface area contributed by atoms with E-state index in [-0.39, 0.29) is 0 Å². The van der Waals surface area contributed by atoms with Gasteiger partial charge in [0, 0.05) is 63.7 Å². The van der Waals surface area contributed by atoms with Crippen molar-refractivity contribution in [1.82, 2.24) is 0 Å². The van der Waals surface area contributed by atoms with Gasteiger partial charge in [0.1, 0.15) is 0 Å². The van der Waals surface area contributed by atoms with E-state index in [1.54, 1.807) is 0 Å². The minimum atomic E-state index is -3.52. The highest BCUT2D eigenvalue weighted by atomic mass is 31.2. The molecule has 0 spiro atoms. The molecule has 0 aliphatic rings. The summed E-state index contributed by atoms with van der Waals surface area (Å²) < 4.78 is 61.8. The molecular weight excluding hydrogens is 1050 g/mol. The summed E-state index contributed by atoms with van der Waals surface area (Å²) in [6.45, 7) is 0. The highest BCUT2D eigenvalue weighted by Gasteiger charge is 2.34. The first-order valence-corrected chi connectivity index (χ1v) is 33.4. The van der Waals surface area contributed by atoms with Crippen LogP contribution in [0.1, 0.15) is 0 Å². The van der Waals surface area contributed by atoms with Crippen LogP contribution in [0.3, 0.4) is 0 Å². The lowest BCUT2D eigenvalue weighted by atomic mass is 10.1. The molecule has 80 heavy (non-hydrogen) atoms. The molecule has 0 atom stereocenters. The van der Waals surface area contributed by atoms with Crippen LogP contribution in [0.15, 0.2) is 328 Å². The molecule has 0 aromatic heterocycles. The number of hydrogen-bond acceptors (Lipinski definition) is 4. The molecule has 0 heterocycles. The van der Waals surface area contributed by atoms with Crippen molar-refractivity contribution in [3.05, 3.63) is 328 Å². The Morgan fingerprint density at radius 2 is 0.225 bits per heavy atom. The van der Waals surface area contributed by atoms with E-state index >= 15 is 18.3 Å². The Hall–Kier alpha value is -8.44. The highest BCUT2D eigenvalue weighted by Crippen LogP contribution is 2.47. The van der Waals surface area contributed by atoms with Gasteiger partial charge in [-0.2, -0.15) is 0 Å². The lowest BCUT2D eigenvalue weighted by molar-refractivity contribution is 0.591. The predicted octanol–water partition coefficient (Wildman–Crippen LogP) is 13.2. The standard InChI is InChI=1S/C72H54O4P4/c73-77(61-19-7-1-8-20-61,62-21-9-2-10-22-62)67-43-31-55(32-44-67)58-37-49-70(50-38-58)80(76,71-51-39-59(40-52-71)56-33-45-68(46-34-56)78(74,63-23-11-3-12-24-63)64-25-13-4-14-26-64)72-53-41-60(42-54-72)57-35-47-69(48-36-57)79(75,65-27-15-5-16-28-65)66-29-17-6-18-30-66/h1-54H. The fourth-order valence-corrected chi connectivity index (χ4v) is 21.3. The smallest absolute Gasteiger partial charge is 0.171 e. The van der Waals surface area contributed by atoms with E-state index in [9.17, 15) is 0 Å². The Kier molecular flexibility index (Phi) is 14.6. The summed E-state index contributed by atoms with van der Waals surface area (Å²) in [7, 11) is -13.0. The van der Waals surface area contributed by atoms with Crippen LogP contribution in [-0.2, 0) is 18.3 Å². The van der Waals surface area contributed by atoms with Crippen LogP contribution in [0.4, 0.5) is 0 Å². The van der Waals surface area contributed by atoms with Crippen molar-refractivity contribution in [3.63, 3.8) is 0 Å². The van der Waals surface area contributed by atoms with Gasteiger partial charge in [-0.3, -0.25) is 0 Å². The molecule has 4 nitrogen and oxygen atoms in total. The Morgan fingerprint density at radius 1 is 0.125 bits per heavy atom. The van der Waals surface area contributed by atoms with E-state index in [0.717, 1.165) is 81.1 Å². The first-order chi connectivity index (χ1) is 39.2. The van der Waals surface area contributed by atoms with Crippen LogP contribution in [0.25, 0.3) is 33.4 Å². The molecular formula is C72H54O4P4. The van der Waals surface area contributed by atoms with Gasteiger partial charge in [-0.1, -0.05) is 328 Å². The maximum atomic E-state index is 16.3. The van der Waals surface area contributed by atoms with Crippen LogP contribution in [0, 0.1) is 0 Å². The van der Waals surface area contributed by atoms with Crippen LogP contribution >= 0.6 is 28.6 Å². The summed E-state index contributed by atoms with van der Waals surface area (Å²) in [6.07, 6.45) is 0. The van der Waals surface area contributed by atoms with E-state index in [4.69, 9.17) is 0 Å². The third-order valence-electron chi connectivity index (χ3n) is 15.1. The summed E-state index contributed by atoms with van der Waals surface area (Å²) in [4.78, 5) is 0. The molecule has 0 saturated carbocycles. The number of hydrogen-bond donors (Lipinski definition) is 0. The minimum absolute atomic E-state index is 0.680. The van der Waals surface area contributed by atoms with Crippen LogP contribution < -0.4 is 63.7 Å². The quantitative estimate of drug-likeness (QED) is 0.0960. The zero-order valence-electron chi connectivity index (χ0n) is 43.6. The van der Waals surface area contributed by atoms with Crippen molar-refractivity contribution >= 4 is 92.2 Å². The molecule has 0 aliphatic heterocycles. The lowest BCUT2D eigenvalue weighted by Crippen LogP contribution is -2.25. The van der Waals surface area contributed by atoms with Gasteiger partial charge in [-0.15, -0.1) is 0 Å². The maximum absolute atomic E-state index is 16.3. The Bertz CT molecular complexity index is 3680. The van der Waals surface area contributed by atoms with Crippen molar-refractivity contribution in [2.24, 2.45) is 0 Å². The first kappa shape index (κ1) is 52.3. The second-order valence-electron chi connectivity index (χ2n) is 19.7. The van der Waals surface area contributed by atoms with Crippen molar-refractivity contribution in [1.29, 1.82) is 0 Å². The van der Waals surface area contributed by atoms with Crippen LogP contribution in [0.2, 0.25) is 0 Å². The molecule has 0 aliphatic carbocycles. The molecule has 0 amide bonds. The van der Waals surface area contributed by atoms with Gasteiger partial charge in [0.05, 0.1) is 0 Å². The average molecular weight is 1110 g/mol. The summed E-state index contributed by atoms with van der Waals surface area (Å²) >= 11 is 0. The molecule has 8 heteroatoms. The molecule has 12 aromatic rings. The SMILES string of the molecule is O=P(c1ccccc1)(c1ccccc1)c1ccc(-c2ccc(P(=O)(c3ccc(-c4ccc(P(=O)(c5ccccc5)c5ccccc5)cc4)cc3)c3ccc(-c4ccc(P(=O)(c5ccccc5)c5ccccc5)cc4)cc3)cc2)cc1. The second kappa shape index (κ2) is 22.4. The van der Waals surface area contributed by atoms with Crippen LogP contribution in [0.5, 0.6) is 0 Å². The van der Waals surface area contributed by atoms with Gasteiger partial charge >= 0.3 is 0 Å². The van der Waals surface area contributed by atoms with Gasteiger partial charge in [-0.05, 0) is 33.4 Å². The van der Waals surface area contributed by atoms with Gasteiger partial charge in [0.15, 0.2) is 28.6 Å². The summed E-state index contributed by atoms with van der Waals surface area (Å²) in [5.41, 5.74) is 5.65. The predicted molar refractivity (Wildman–Crippen MR) is 340 cm³/mol. The monoisotopic (exact) mass is 1110 g/mol. The lowest BCUT2D eigenvalue weighted by Gasteiger charge is -2.22. The zero-order chi connectivity index (χ0) is 54.6. The second-order valence-corrected chi connectivity index (χ2v) is 30.8. The number of benzene rings is 12. The minimum Gasteiger partial charge on any atom is -0.309 e. The fourth-order valence-electron chi connectivity index (χ4n) is 10.8. The molecule has 386 valence electrons. The molecule has 0 unspecified atom stereocenters. The van der Waals surface area contributed by atoms with E-state index in [1.807, 2.05) is 328 Å². The molecule has 0 fully saturated rings. The Balaban J connectivity index is 0.885. The largest absolute Gasteiger partial charge is 0.309 e. The molecule has 0 N–H and O–H groups in total. The zero-order valence-corrected chi connectivity index (χ0v) is 47.2. The normalized spacial score (nSPS) is 11.9. The van der Waals surface area contributed by atoms with E-state index < -0.39 is 28.6 Å². The molecule has 12 rings (SSSR count). The molecule has 0 radical (unpaired) electrons. The molecule has 0 saturated heterocycles. The van der Waals surface area contributed by atoms with E-state index in [1.165, 1.54) is 0 Å². The van der Waals surface area contributed by atoms with Crippen molar-refractivity contribution < 1.29 is 18.3 Å². The highest BCUT2D eigenvalue weighted by molar-refractivity contribution is 7.86. The summed E-state index contributed by atoms with van der Waals surface area (Å²) in [6, 6.07) is 106. The van der Waals surface area contributed by atoms with E-state index in [0.29, 0.717) is 15.9 Å². The van der Waals surface area contributed by atoms with Gasteiger partial charge < -0.3 is 18.3 Å². The maximum Gasteiger partial charge on any atom is 0.171 e. The van der Waals surface area contributed by atoms with Gasteiger partial charge in [0.25, 0.3) is 0 Å². The van der Waals surface area contributed by atoms with Crippen LogP contribution in [-0.4, -0.2) is 0 Å². The summed E-state index contributed by atoms with van der Waals surface area (Å²) in [5.74, 6) is 0. The third-order valence-corrected chi connectivity index (χ3v) is 27.4. The fraction of sp³-hybridized carbons (Fsp3) is 0. The summed E-state index contributed by atoms with van der Waals surface area (Å²) in [5, 5.41) is 8.95. The Labute approximate surface area is 468 Å².